The van der Waals surface area contributed by atoms with Crippen molar-refractivity contribution in [2.45, 2.75) is 6.42 Å². The summed E-state index contributed by atoms with van der Waals surface area (Å²) in [5.41, 5.74) is 1.56. The number of pyridine rings is 1. The van der Waals surface area contributed by atoms with Crippen LogP contribution in [0.25, 0.3) is 0 Å². The van der Waals surface area contributed by atoms with Crippen LogP contribution in [0.2, 0.25) is 0 Å². The Bertz CT molecular complexity index is 547. The lowest BCUT2D eigenvalue weighted by Crippen LogP contribution is -2.21. The maximum atomic E-state index is 8.78. The van der Waals surface area contributed by atoms with E-state index < -0.39 is 0 Å². The molecule has 0 unspecified atom stereocenters. The number of nitrogens with zero attached hydrogens (tertiary/aromatic N) is 5. The predicted octanol–water partition coefficient (Wildman–Crippen LogP) is 1.42. The lowest BCUT2D eigenvalue weighted by molar-refractivity contribution is 0.851. The van der Waals surface area contributed by atoms with Crippen molar-refractivity contribution in [2.75, 3.05) is 18.5 Å². The molecule has 0 radical (unpaired) electrons. The molecule has 18 heavy (non-hydrogen) atoms. The second-order valence-electron chi connectivity index (χ2n) is 3.91. The van der Waals surface area contributed by atoms with E-state index in [0.717, 1.165) is 18.8 Å². The lowest BCUT2D eigenvalue weighted by Gasteiger charge is -2.17. The van der Waals surface area contributed by atoms with E-state index in [-0.39, 0.29) is 0 Å². The first-order valence-corrected chi connectivity index (χ1v) is 5.62. The third-order valence-electron chi connectivity index (χ3n) is 2.62. The fourth-order valence-corrected chi connectivity index (χ4v) is 1.57. The van der Waals surface area contributed by atoms with Crippen LogP contribution in [-0.2, 0) is 6.42 Å². The van der Waals surface area contributed by atoms with Gasteiger partial charge in [0.1, 0.15) is 23.9 Å². The zero-order valence-electron chi connectivity index (χ0n) is 10.1. The first-order valence-electron chi connectivity index (χ1n) is 5.62. The molecule has 0 fully saturated rings. The Balaban J connectivity index is 1.99. The van der Waals surface area contributed by atoms with Crippen LogP contribution in [0.3, 0.4) is 0 Å². The summed E-state index contributed by atoms with van der Waals surface area (Å²) in [7, 11) is 1.94. The highest BCUT2D eigenvalue weighted by Gasteiger charge is 2.04. The number of nitriles is 1. The van der Waals surface area contributed by atoms with E-state index >= 15 is 0 Å². The van der Waals surface area contributed by atoms with Crippen molar-refractivity contribution in [2.24, 2.45) is 0 Å². The average molecular weight is 239 g/mol. The summed E-state index contributed by atoms with van der Waals surface area (Å²) in [5, 5.41) is 8.78. The van der Waals surface area contributed by atoms with Crippen LogP contribution < -0.4 is 4.90 Å². The normalized spacial score (nSPS) is 9.78. The smallest absolute Gasteiger partial charge is 0.145 e. The van der Waals surface area contributed by atoms with E-state index in [1.54, 1.807) is 12.3 Å². The first-order chi connectivity index (χ1) is 8.79. The van der Waals surface area contributed by atoms with Crippen molar-refractivity contribution in [3.05, 3.63) is 48.2 Å². The zero-order chi connectivity index (χ0) is 12.8. The number of likely N-dealkylation sites (N-methyl/N-ethyl adjacent to an activating group) is 1. The first kappa shape index (κ1) is 12.0. The highest BCUT2D eigenvalue weighted by molar-refractivity contribution is 5.41. The molecular weight excluding hydrogens is 226 g/mol. The van der Waals surface area contributed by atoms with Crippen molar-refractivity contribution < 1.29 is 0 Å². The Labute approximate surface area is 106 Å². The van der Waals surface area contributed by atoms with E-state index in [2.05, 4.69) is 15.0 Å². The van der Waals surface area contributed by atoms with Gasteiger partial charge in [-0.15, -0.1) is 0 Å². The minimum atomic E-state index is 0.383. The summed E-state index contributed by atoms with van der Waals surface area (Å²) in [6, 6.07) is 7.66. The fraction of sp³-hybridized carbons (Fsp3) is 0.231. The molecule has 2 aromatic heterocycles. The summed E-state index contributed by atoms with van der Waals surface area (Å²) in [5.74, 6) is 0.755. The molecule has 0 aliphatic heterocycles. The van der Waals surface area contributed by atoms with Crippen LogP contribution in [0, 0.1) is 11.3 Å². The average Bonchev–Trinajstić information content (AvgIpc) is 2.46. The van der Waals surface area contributed by atoms with Crippen molar-refractivity contribution >= 4 is 5.82 Å². The van der Waals surface area contributed by atoms with Gasteiger partial charge in [0.25, 0.3) is 0 Å². The van der Waals surface area contributed by atoms with Crippen LogP contribution in [0.5, 0.6) is 0 Å². The highest BCUT2D eigenvalue weighted by atomic mass is 15.2. The van der Waals surface area contributed by atoms with Crippen LogP contribution >= 0.6 is 0 Å². The van der Waals surface area contributed by atoms with E-state index in [0.29, 0.717) is 5.69 Å². The highest BCUT2D eigenvalue weighted by Crippen LogP contribution is 2.09. The van der Waals surface area contributed by atoms with Gasteiger partial charge in [0.2, 0.25) is 0 Å². The molecule has 0 aliphatic carbocycles. The number of aromatic nitrogens is 3. The van der Waals surface area contributed by atoms with Gasteiger partial charge in [-0.1, -0.05) is 6.07 Å². The van der Waals surface area contributed by atoms with E-state index in [1.165, 1.54) is 11.9 Å². The molecule has 0 aliphatic rings. The maximum Gasteiger partial charge on any atom is 0.145 e. The summed E-state index contributed by atoms with van der Waals surface area (Å²) in [4.78, 5) is 14.1. The standard InChI is InChI=1S/C13H13N5/c1-18(6-4-11-3-2-5-15-9-11)13-7-12(8-14)16-10-17-13/h2-3,5,7,9-10H,4,6H2,1H3. The molecule has 0 aromatic carbocycles. The van der Waals surface area contributed by atoms with Gasteiger partial charge in [0.15, 0.2) is 0 Å². The zero-order valence-corrected chi connectivity index (χ0v) is 10.1. The fourth-order valence-electron chi connectivity index (χ4n) is 1.57. The largest absolute Gasteiger partial charge is 0.359 e. The van der Waals surface area contributed by atoms with Gasteiger partial charge in [0.05, 0.1) is 0 Å². The Kier molecular flexibility index (Phi) is 3.82. The Morgan fingerprint density at radius 2 is 2.28 bits per heavy atom. The van der Waals surface area contributed by atoms with Crippen LogP contribution in [-0.4, -0.2) is 28.5 Å². The molecule has 0 saturated carbocycles. The van der Waals surface area contributed by atoms with Gasteiger partial charge in [-0.05, 0) is 18.1 Å². The van der Waals surface area contributed by atoms with Crippen molar-refractivity contribution in [1.82, 2.24) is 15.0 Å². The van der Waals surface area contributed by atoms with Gasteiger partial charge in [0, 0.05) is 32.1 Å². The van der Waals surface area contributed by atoms with Crippen LogP contribution in [0.15, 0.2) is 36.9 Å². The maximum absolute atomic E-state index is 8.78. The van der Waals surface area contributed by atoms with Gasteiger partial charge in [-0.25, -0.2) is 9.97 Å². The number of hydrogen-bond donors (Lipinski definition) is 0. The number of rotatable bonds is 4. The topological polar surface area (TPSA) is 65.7 Å². The van der Waals surface area contributed by atoms with E-state index in [9.17, 15) is 0 Å². The molecule has 90 valence electrons. The van der Waals surface area contributed by atoms with Crippen LogP contribution in [0.1, 0.15) is 11.3 Å². The van der Waals surface area contributed by atoms with Crippen molar-refractivity contribution in [3.8, 4) is 6.07 Å². The molecule has 5 nitrogen and oxygen atoms in total. The minimum absolute atomic E-state index is 0.383. The molecule has 2 aromatic rings. The van der Waals surface area contributed by atoms with E-state index in [1.807, 2.05) is 36.3 Å². The molecule has 0 bridgehead atoms. The summed E-state index contributed by atoms with van der Waals surface area (Å²) in [6.07, 6.45) is 5.91. The predicted molar refractivity (Wildman–Crippen MR) is 68.0 cm³/mol. The molecule has 2 heterocycles. The lowest BCUT2D eigenvalue weighted by atomic mass is 10.2. The van der Waals surface area contributed by atoms with Crippen LogP contribution in [0.4, 0.5) is 5.82 Å². The van der Waals surface area contributed by atoms with Gasteiger partial charge >= 0.3 is 0 Å². The Morgan fingerprint density at radius 1 is 1.39 bits per heavy atom. The van der Waals surface area contributed by atoms with Crippen molar-refractivity contribution in [3.63, 3.8) is 0 Å². The van der Waals surface area contributed by atoms with Crippen molar-refractivity contribution in [1.29, 1.82) is 5.26 Å². The van der Waals surface area contributed by atoms with Gasteiger partial charge in [-0.2, -0.15) is 5.26 Å². The second-order valence-corrected chi connectivity index (χ2v) is 3.91. The summed E-state index contributed by atoms with van der Waals surface area (Å²) >= 11 is 0. The Morgan fingerprint density at radius 3 is 3.00 bits per heavy atom. The molecule has 0 saturated heterocycles. The molecule has 2 rings (SSSR count). The molecular formula is C13H13N5. The third-order valence-corrected chi connectivity index (χ3v) is 2.62. The number of anilines is 1. The molecule has 0 spiro atoms. The quantitative estimate of drug-likeness (QED) is 0.807. The van der Waals surface area contributed by atoms with E-state index in [4.69, 9.17) is 5.26 Å². The molecule has 0 atom stereocenters. The van der Waals surface area contributed by atoms with Gasteiger partial charge < -0.3 is 4.90 Å². The Hall–Kier alpha value is -2.48. The number of hydrogen-bond acceptors (Lipinski definition) is 5. The summed E-state index contributed by atoms with van der Waals surface area (Å²) < 4.78 is 0. The molecule has 0 N–H and O–H groups in total. The monoisotopic (exact) mass is 239 g/mol. The molecule has 5 heteroatoms. The third kappa shape index (κ3) is 3.01. The molecule has 0 amide bonds. The SMILES string of the molecule is CN(CCc1cccnc1)c1cc(C#N)ncn1. The minimum Gasteiger partial charge on any atom is -0.359 e. The second kappa shape index (κ2) is 5.73. The van der Waals surface area contributed by atoms with Gasteiger partial charge in [-0.3, -0.25) is 4.98 Å². The summed E-state index contributed by atoms with van der Waals surface area (Å²) in [6.45, 7) is 0.813.